The van der Waals surface area contributed by atoms with Gasteiger partial charge in [-0.15, -0.1) is 0 Å². The first kappa shape index (κ1) is 13.5. The third-order valence-electron chi connectivity index (χ3n) is 4.00. The van der Waals surface area contributed by atoms with Gasteiger partial charge in [-0.2, -0.15) is 0 Å². The number of nitrogens with one attached hydrogen (secondary N) is 1. The number of benzene rings is 1. The van der Waals surface area contributed by atoms with Crippen molar-refractivity contribution in [3.8, 4) is 0 Å². The molecule has 4 heteroatoms. The topological polar surface area (TPSA) is 60.2 Å². The van der Waals surface area contributed by atoms with E-state index in [1.807, 2.05) is 25.4 Å². The lowest BCUT2D eigenvalue weighted by Crippen LogP contribution is -2.39. The summed E-state index contributed by atoms with van der Waals surface area (Å²) in [6.07, 6.45) is 6.32. The van der Waals surface area contributed by atoms with Crippen LogP contribution in [0.1, 0.15) is 31.4 Å². The predicted molar refractivity (Wildman–Crippen MR) is 79.9 cm³/mol. The van der Waals surface area contributed by atoms with Crippen molar-refractivity contribution in [1.82, 2.24) is 10.4 Å². The van der Waals surface area contributed by atoms with E-state index in [1.54, 1.807) is 0 Å². The molecule has 2 aromatic rings. The highest BCUT2D eigenvalue weighted by atomic mass is 16.5. The van der Waals surface area contributed by atoms with Crippen LogP contribution < -0.4 is 11.3 Å². The normalized spacial score (nSPS) is 18.1. The molecule has 1 saturated carbocycles. The molecule has 3 N–H and O–H groups in total. The molecule has 0 aliphatic heterocycles. The highest BCUT2D eigenvalue weighted by Gasteiger charge is 2.38. The largest absolute Gasteiger partial charge is 0.376 e. The first-order valence-electron chi connectivity index (χ1n) is 7.25. The lowest BCUT2D eigenvalue weighted by atomic mass is 9.94. The van der Waals surface area contributed by atoms with Crippen molar-refractivity contribution in [1.29, 1.82) is 0 Å². The highest BCUT2D eigenvalue weighted by Crippen LogP contribution is 2.41. The first-order chi connectivity index (χ1) is 9.85. The summed E-state index contributed by atoms with van der Waals surface area (Å²) < 4.78 is 5.96. The number of nitrogens with zero attached hydrogens (tertiary/aromatic N) is 1. The van der Waals surface area contributed by atoms with Crippen molar-refractivity contribution in [2.45, 2.75) is 31.9 Å². The maximum Gasteiger partial charge on any atom is 0.0810 e. The van der Waals surface area contributed by atoms with Crippen LogP contribution in [0.3, 0.4) is 0 Å². The molecule has 1 aromatic heterocycles. The molecule has 1 heterocycles. The molecule has 3 rings (SSSR count). The Morgan fingerprint density at radius 2 is 2.25 bits per heavy atom. The standard InChI is InChI=1S/C16H21N3O/c1-2-20-16(11-6-7-11)15(19-17)14-5-3-4-12-10-18-9-8-13(12)14/h3-5,8-11,15-16,19H,2,6-7,17H2,1H3. The van der Waals surface area contributed by atoms with Gasteiger partial charge in [-0.25, -0.2) is 0 Å². The number of hydrogen-bond donors (Lipinski definition) is 2. The summed E-state index contributed by atoms with van der Waals surface area (Å²) in [5.74, 6) is 6.47. The summed E-state index contributed by atoms with van der Waals surface area (Å²) in [5.41, 5.74) is 4.16. The number of rotatable bonds is 6. The Balaban J connectivity index is 2.01. The van der Waals surface area contributed by atoms with E-state index < -0.39 is 0 Å². The minimum atomic E-state index is 0.0218. The van der Waals surface area contributed by atoms with Crippen LogP contribution in [0.25, 0.3) is 10.8 Å². The Morgan fingerprint density at radius 1 is 1.40 bits per heavy atom. The number of aromatic nitrogens is 1. The zero-order chi connectivity index (χ0) is 13.9. The lowest BCUT2D eigenvalue weighted by molar-refractivity contribution is 0.0189. The van der Waals surface area contributed by atoms with Crippen LogP contribution in [0.4, 0.5) is 0 Å². The van der Waals surface area contributed by atoms with Gasteiger partial charge in [0.15, 0.2) is 0 Å². The van der Waals surface area contributed by atoms with Crippen molar-refractivity contribution >= 4 is 10.8 Å². The molecule has 0 radical (unpaired) electrons. The van der Waals surface area contributed by atoms with Gasteiger partial charge in [0.1, 0.15) is 0 Å². The summed E-state index contributed by atoms with van der Waals surface area (Å²) in [4.78, 5) is 4.18. The van der Waals surface area contributed by atoms with E-state index in [-0.39, 0.29) is 12.1 Å². The average Bonchev–Trinajstić information content (AvgIpc) is 3.32. The number of nitrogens with two attached hydrogens (primary N) is 1. The molecule has 106 valence electrons. The van der Waals surface area contributed by atoms with E-state index in [2.05, 4.69) is 28.6 Å². The molecule has 2 unspecified atom stereocenters. The van der Waals surface area contributed by atoms with Gasteiger partial charge in [0, 0.05) is 24.4 Å². The van der Waals surface area contributed by atoms with Crippen LogP contribution in [0, 0.1) is 5.92 Å². The van der Waals surface area contributed by atoms with Crippen LogP contribution in [0.5, 0.6) is 0 Å². The van der Waals surface area contributed by atoms with Gasteiger partial charge in [0.2, 0.25) is 0 Å². The summed E-state index contributed by atoms with van der Waals surface area (Å²) in [5, 5.41) is 2.33. The second-order valence-corrected chi connectivity index (χ2v) is 5.35. The fourth-order valence-corrected chi connectivity index (χ4v) is 2.90. The van der Waals surface area contributed by atoms with E-state index in [1.165, 1.54) is 23.8 Å². The number of ether oxygens (including phenoxy) is 1. The monoisotopic (exact) mass is 271 g/mol. The molecule has 2 atom stereocenters. The Labute approximate surface area is 119 Å². The molecule has 4 nitrogen and oxygen atoms in total. The van der Waals surface area contributed by atoms with E-state index >= 15 is 0 Å². The van der Waals surface area contributed by atoms with Gasteiger partial charge in [-0.05, 0) is 42.7 Å². The maximum absolute atomic E-state index is 5.96. The van der Waals surface area contributed by atoms with Crippen molar-refractivity contribution in [2.24, 2.45) is 11.8 Å². The van der Waals surface area contributed by atoms with Crippen LogP contribution in [-0.2, 0) is 4.74 Å². The van der Waals surface area contributed by atoms with E-state index in [4.69, 9.17) is 10.6 Å². The van der Waals surface area contributed by atoms with Crippen molar-refractivity contribution < 1.29 is 4.74 Å². The molecule has 20 heavy (non-hydrogen) atoms. The average molecular weight is 271 g/mol. The van der Waals surface area contributed by atoms with Gasteiger partial charge in [-0.1, -0.05) is 18.2 Å². The fraction of sp³-hybridized carbons (Fsp3) is 0.438. The second kappa shape index (κ2) is 5.87. The van der Waals surface area contributed by atoms with Crippen LogP contribution in [0.2, 0.25) is 0 Å². The van der Waals surface area contributed by atoms with Crippen LogP contribution >= 0.6 is 0 Å². The molecule has 1 fully saturated rings. The van der Waals surface area contributed by atoms with Crippen molar-refractivity contribution in [2.75, 3.05) is 6.61 Å². The third kappa shape index (κ3) is 2.54. The van der Waals surface area contributed by atoms with E-state index in [0.29, 0.717) is 12.5 Å². The van der Waals surface area contributed by atoms with E-state index in [0.717, 1.165) is 5.39 Å². The smallest absolute Gasteiger partial charge is 0.0810 e. The van der Waals surface area contributed by atoms with Gasteiger partial charge >= 0.3 is 0 Å². The summed E-state index contributed by atoms with van der Waals surface area (Å²) in [6.45, 7) is 2.75. The van der Waals surface area contributed by atoms with Gasteiger partial charge in [-0.3, -0.25) is 16.3 Å². The van der Waals surface area contributed by atoms with Gasteiger partial charge in [0.25, 0.3) is 0 Å². The highest BCUT2D eigenvalue weighted by molar-refractivity contribution is 5.85. The molecular weight excluding hydrogens is 250 g/mol. The Kier molecular flexibility index (Phi) is 3.96. The number of fused-ring (bicyclic) bond motifs is 1. The molecule has 0 saturated heterocycles. The molecule has 0 amide bonds. The van der Waals surface area contributed by atoms with Crippen molar-refractivity contribution in [3.63, 3.8) is 0 Å². The maximum atomic E-state index is 5.96. The fourth-order valence-electron chi connectivity index (χ4n) is 2.90. The number of pyridine rings is 1. The Hall–Kier alpha value is -1.49. The minimum absolute atomic E-state index is 0.0218. The zero-order valence-corrected chi connectivity index (χ0v) is 11.8. The minimum Gasteiger partial charge on any atom is -0.376 e. The van der Waals surface area contributed by atoms with Crippen LogP contribution in [0.15, 0.2) is 36.7 Å². The van der Waals surface area contributed by atoms with E-state index in [9.17, 15) is 0 Å². The lowest BCUT2D eigenvalue weighted by Gasteiger charge is -2.27. The molecule has 1 aromatic carbocycles. The number of hydrazine groups is 1. The van der Waals surface area contributed by atoms with Gasteiger partial charge < -0.3 is 4.74 Å². The van der Waals surface area contributed by atoms with Crippen molar-refractivity contribution in [3.05, 3.63) is 42.2 Å². The first-order valence-corrected chi connectivity index (χ1v) is 7.25. The Morgan fingerprint density at radius 3 is 2.95 bits per heavy atom. The molecule has 0 spiro atoms. The Bertz CT molecular complexity index is 577. The molecule has 1 aliphatic rings. The van der Waals surface area contributed by atoms with Gasteiger partial charge in [0.05, 0.1) is 12.1 Å². The molecular formula is C16H21N3O. The molecule has 0 bridgehead atoms. The van der Waals surface area contributed by atoms with Crippen LogP contribution in [-0.4, -0.2) is 17.7 Å². The molecule has 1 aliphatic carbocycles. The second-order valence-electron chi connectivity index (χ2n) is 5.35. The quantitative estimate of drug-likeness (QED) is 0.626. The number of hydrogen-bond acceptors (Lipinski definition) is 4. The SMILES string of the molecule is CCOC(C1CC1)C(NN)c1cccc2cnccc12. The summed E-state index contributed by atoms with van der Waals surface area (Å²) in [7, 11) is 0. The zero-order valence-electron chi connectivity index (χ0n) is 11.8. The predicted octanol–water partition coefficient (Wildman–Crippen LogP) is 2.55. The third-order valence-corrected chi connectivity index (χ3v) is 4.00. The summed E-state index contributed by atoms with van der Waals surface area (Å²) in [6, 6.07) is 8.33. The summed E-state index contributed by atoms with van der Waals surface area (Å²) >= 11 is 0.